The lowest BCUT2D eigenvalue weighted by molar-refractivity contribution is -0.103. The second kappa shape index (κ2) is 2.71. The van der Waals surface area contributed by atoms with E-state index >= 15 is 0 Å². The smallest absolute Gasteiger partial charge is 0.193 e. The first-order valence-electron chi connectivity index (χ1n) is 2.64. The predicted molar refractivity (Wildman–Crippen MR) is 38.8 cm³/mol. The van der Waals surface area contributed by atoms with Gasteiger partial charge in [0.05, 0.1) is 0 Å². The molecule has 0 bridgehead atoms. The molecule has 0 aliphatic rings. The summed E-state index contributed by atoms with van der Waals surface area (Å²) in [6.07, 6.45) is 0.620. The van der Waals surface area contributed by atoms with Crippen LogP contribution in [0, 0.1) is 0 Å². The molecule has 0 aliphatic heterocycles. The van der Waals surface area contributed by atoms with Crippen LogP contribution >= 0.6 is 11.6 Å². The van der Waals surface area contributed by atoms with Crippen molar-refractivity contribution in [3.05, 3.63) is 29.7 Å². The van der Waals surface area contributed by atoms with Crippen LogP contribution in [0.15, 0.2) is 23.1 Å². The first-order valence-corrected chi connectivity index (χ1v) is 3.01. The van der Waals surface area contributed by atoms with Crippen molar-refractivity contribution >= 4 is 23.5 Å². The van der Waals surface area contributed by atoms with Crippen LogP contribution in [0.2, 0.25) is 5.22 Å². The molecular weight excluding hydrogens is 152 g/mol. The molecule has 0 radical (unpaired) electrons. The summed E-state index contributed by atoms with van der Waals surface area (Å²) in [6, 6.07) is 3.16. The fourth-order valence-corrected chi connectivity index (χ4v) is 0.691. The summed E-state index contributed by atoms with van der Waals surface area (Å²) >= 11 is 5.44. The normalized spacial score (nSPS) is 9.30. The highest BCUT2D eigenvalue weighted by Gasteiger charge is 2.01. The summed E-state index contributed by atoms with van der Waals surface area (Å²) in [5.41, 5.74) is 0.298. The molecule has 0 atom stereocenters. The van der Waals surface area contributed by atoms with E-state index in [1.165, 1.54) is 0 Å². The number of carbonyl (C=O) groups excluding carboxylic acids is 1. The second-order valence-electron chi connectivity index (χ2n) is 1.75. The van der Waals surface area contributed by atoms with Gasteiger partial charge in [-0.25, -0.2) is 0 Å². The zero-order valence-corrected chi connectivity index (χ0v) is 5.89. The summed E-state index contributed by atoms with van der Waals surface area (Å²) in [4.78, 5) is 10.1. The second-order valence-corrected chi connectivity index (χ2v) is 2.12. The summed E-state index contributed by atoms with van der Waals surface area (Å²) in [6.45, 7) is 3.44. The maximum Gasteiger partial charge on any atom is 0.193 e. The zero-order chi connectivity index (χ0) is 7.56. The van der Waals surface area contributed by atoms with Crippen molar-refractivity contribution in [2.24, 2.45) is 0 Å². The molecule has 0 N–H and O–H groups in total. The van der Waals surface area contributed by atoms with Gasteiger partial charge in [0, 0.05) is 5.57 Å². The first-order chi connectivity index (χ1) is 4.74. The van der Waals surface area contributed by atoms with E-state index < -0.39 is 0 Å². The lowest BCUT2D eigenvalue weighted by Gasteiger charge is -1.86. The molecule has 1 heterocycles. The Hall–Kier alpha value is -1.02. The average Bonchev–Trinajstić information content (AvgIpc) is 2.34. The van der Waals surface area contributed by atoms with Crippen LogP contribution in [0.5, 0.6) is 0 Å². The highest BCUT2D eigenvalue weighted by atomic mass is 35.5. The molecule has 1 rings (SSSR count). The molecule has 0 fully saturated rings. The first kappa shape index (κ1) is 7.09. The molecule has 3 heteroatoms. The molecule has 0 saturated carbocycles. The average molecular weight is 157 g/mol. The minimum atomic E-state index is 0.262. The summed E-state index contributed by atoms with van der Waals surface area (Å²) in [7, 11) is 0. The number of halogens is 1. The van der Waals surface area contributed by atoms with Gasteiger partial charge in [-0.1, -0.05) is 6.58 Å². The Morgan fingerprint density at radius 1 is 1.70 bits per heavy atom. The van der Waals surface area contributed by atoms with Gasteiger partial charge >= 0.3 is 0 Å². The highest BCUT2D eigenvalue weighted by Crippen LogP contribution is 2.17. The van der Waals surface area contributed by atoms with Gasteiger partial charge in [0.25, 0.3) is 0 Å². The molecule has 0 saturated heterocycles. The molecule has 0 aromatic carbocycles. The molecule has 0 unspecified atom stereocenters. The third-order valence-corrected chi connectivity index (χ3v) is 1.24. The van der Waals surface area contributed by atoms with Crippen molar-refractivity contribution in [2.75, 3.05) is 0 Å². The number of allylic oxidation sites excluding steroid dienone is 1. The number of rotatable bonds is 2. The van der Waals surface area contributed by atoms with Crippen molar-refractivity contribution in [1.82, 2.24) is 0 Å². The molecule has 0 aliphatic carbocycles. The molecular formula is C7H5ClO2. The third kappa shape index (κ3) is 1.28. The quantitative estimate of drug-likeness (QED) is 0.485. The van der Waals surface area contributed by atoms with Gasteiger partial charge in [-0.05, 0) is 23.7 Å². The van der Waals surface area contributed by atoms with E-state index in [1.807, 2.05) is 0 Å². The van der Waals surface area contributed by atoms with E-state index in [-0.39, 0.29) is 5.22 Å². The Morgan fingerprint density at radius 3 is 2.80 bits per heavy atom. The van der Waals surface area contributed by atoms with Crippen LogP contribution in [-0.2, 0) is 4.79 Å². The lowest BCUT2D eigenvalue weighted by atomic mass is 10.3. The summed E-state index contributed by atoms with van der Waals surface area (Å²) in [5, 5.41) is 0.262. The van der Waals surface area contributed by atoms with E-state index in [1.54, 1.807) is 12.1 Å². The maximum absolute atomic E-state index is 10.1. The topological polar surface area (TPSA) is 30.2 Å². The highest BCUT2D eigenvalue weighted by molar-refractivity contribution is 6.29. The summed E-state index contributed by atoms with van der Waals surface area (Å²) < 4.78 is 4.87. The van der Waals surface area contributed by atoms with Crippen molar-refractivity contribution in [1.29, 1.82) is 0 Å². The van der Waals surface area contributed by atoms with Crippen molar-refractivity contribution in [3.63, 3.8) is 0 Å². The van der Waals surface area contributed by atoms with Crippen LogP contribution in [0.3, 0.4) is 0 Å². The monoisotopic (exact) mass is 156 g/mol. The predicted octanol–water partition coefficient (Wildman–Crippen LogP) is 2.15. The lowest BCUT2D eigenvalue weighted by Crippen LogP contribution is -1.76. The SMILES string of the molecule is C=C(C=O)c1ccc(Cl)o1. The molecule has 52 valence electrons. The van der Waals surface area contributed by atoms with Crippen LogP contribution in [-0.4, -0.2) is 6.29 Å². The van der Waals surface area contributed by atoms with E-state index in [4.69, 9.17) is 16.0 Å². The minimum absolute atomic E-state index is 0.262. The van der Waals surface area contributed by atoms with Gasteiger partial charge in [-0.3, -0.25) is 4.79 Å². The maximum atomic E-state index is 10.1. The summed E-state index contributed by atoms with van der Waals surface area (Å²) in [5.74, 6) is 0.417. The number of furan rings is 1. The van der Waals surface area contributed by atoms with E-state index in [2.05, 4.69) is 6.58 Å². The zero-order valence-electron chi connectivity index (χ0n) is 5.13. The number of aldehydes is 1. The molecule has 10 heavy (non-hydrogen) atoms. The van der Waals surface area contributed by atoms with Gasteiger partial charge in [-0.2, -0.15) is 0 Å². The number of hydrogen-bond donors (Lipinski definition) is 0. The van der Waals surface area contributed by atoms with Gasteiger partial charge in [-0.15, -0.1) is 0 Å². The van der Waals surface area contributed by atoms with Crippen LogP contribution in [0.25, 0.3) is 5.57 Å². The molecule has 0 spiro atoms. The fourth-order valence-electron chi connectivity index (χ4n) is 0.545. The van der Waals surface area contributed by atoms with Crippen LogP contribution in [0.4, 0.5) is 0 Å². The standard InChI is InChI=1S/C7H5ClO2/c1-5(4-9)6-2-3-7(8)10-6/h2-4H,1H2. The molecule has 1 aromatic heterocycles. The van der Waals surface area contributed by atoms with Crippen molar-refractivity contribution in [2.45, 2.75) is 0 Å². The van der Waals surface area contributed by atoms with Gasteiger partial charge < -0.3 is 4.42 Å². The van der Waals surface area contributed by atoms with Gasteiger partial charge in [0.1, 0.15) is 5.76 Å². The van der Waals surface area contributed by atoms with E-state index in [0.29, 0.717) is 17.6 Å². The Morgan fingerprint density at radius 2 is 2.40 bits per heavy atom. The molecule has 1 aromatic rings. The van der Waals surface area contributed by atoms with Gasteiger partial charge in [0.2, 0.25) is 0 Å². The number of hydrogen-bond acceptors (Lipinski definition) is 2. The van der Waals surface area contributed by atoms with Crippen LogP contribution in [0.1, 0.15) is 5.76 Å². The number of carbonyl (C=O) groups is 1. The molecule has 0 amide bonds. The third-order valence-electron chi connectivity index (χ3n) is 1.03. The van der Waals surface area contributed by atoms with E-state index in [0.717, 1.165) is 0 Å². The van der Waals surface area contributed by atoms with Crippen molar-refractivity contribution in [3.8, 4) is 0 Å². The Kier molecular flexibility index (Phi) is 1.92. The fraction of sp³-hybridized carbons (Fsp3) is 0. The van der Waals surface area contributed by atoms with Crippen molar-refractivity contribution < 1.29 is 9.21 Å². The largest absolute Gasteiger partial charge is 0.445 e. The Labute approximate surface area is 63.1 Å². The minimum Gasteiger partial charge on any atom is -0.445 e. The molecule has 2 nitrogen and oxygen atoms in total. The Bertz CT molecular complexity index is 262. The van der Waals surface area contributed by atoms with Crippen LogP contribution < -0.4 is 0 Å². The van der Waals surface area contributed by atoms with Gasteiger partial charge in [0.15, 0.2) is 11.5 Å². The van der Waals surface area contributed by atoms with E-state index in [9.17, 15) is 4.79 Å². The Balaban J connectivity index is 2.95.